The minimum atomic E-state index is -0.284. The van der Waals surface area contributed by atoms with Gasteiger partial charge in [0.1, 0.15) is 5.69 Å². The molecule has 0 atom stereocenters. The van der Waals surface area contributed by atoms with E-state index in [1.807, 2.05) is 54.6 Å². The zero-order valence-electron chi connectivity index (χ0n) is 12.3. The highest BCUT2D eigenvalue weighted by Gasteiger charge is 2.21. The Bertz CT molecular complexity index is 689. The van der Waals surface area contributed by atoms with Gasteiger partial charge in [0, 0.05) is 19.2 Å². The molecule has 1 saturated heterocycles. The molecule has 0 unspecified atom stereocenters. The number of hydrogen-bond donors (Lipinski definition) is 0. The van der Waals surface area contributed by atoms with E-state index in [9.17, 15) is 10.1 Å². The standard InChI is InChI=1S/C18H18N2O2/c21-20(22)18-14-16(9-8-15-6-2-1-3-7-15)10-11-17(18)19-12-4-5-13-19/h1-3,6-11,14H,4-5,12-13H2/b9-8+. The van der Waals surface area contributed by atoms with E-state index in [2.05, 4.69) is 4.90 Å². The summed E-state index contributed by atoms with van der Waals surface area (Å²) >= 11 is 0. The van der Waals surface area contributed by atoms with Crippen molar-refractivity contribution < 1.29 is 4.92 Å². The van der Waals surface area contributed by atoms with Gasteiger partial charge in [0.25, 0.3) is 5.69 Å². The quantitative estimate of drug-likeness (QED) is 0.478. The molecule has 112 valence electrons. The SMILES string of the molecule is O=[N+]([O-])c1cc(/C=C/c2ccccc2)ccc1N1CCCC1. The summed E-state index contributed by atoms with van der Waals surface area (Å²) in [6.45, 7) is 1.81. The molecule has 4 nitrogen and oxygen atoms in total. The lowest BCUT2D eigenvalue weighted by Gasteiger charge is -2.17. The Morgan fingerprint density at radius 2 is 1.64 bits per heavy atom. The van der Waals surface area contributed by atoms with E-state index in [4.69, 9.17) is 0 Å². The summed E-state index contributed by atoms with van der Waals surface area (Å²) in [6, 6.07) is 15.4. The molecule has 0 N–H and O–H groups in total. The first-order valence-corrected chi connectivity index (χ1v) is 7.50. The topological polar surface area (TPSA) is 46.4 Å². The molecular formula is C18H18N2O2. The van der Waals surface area contributed by atoms with Gasteiger partial charge in [-0.25, -0.2) is 0 Å². The second-order valence-electron chi connectivity index (χ2n) is 5.44. The van der Waals surface area contributed by atoms with Crippen molar-refractivity contribution in [3.63, 3.8) is 0 Å². The molecule has 0 spiro atoms. The molecule has 1 fully saturated rings. The molecule has 0 saturated carbocycles. The molecule has 1 aliphatic heterocycles. The Labute approximate surface area is 129 Å². The molecule has 2 aromatic rings. The summed E-state index contributed by atoms with van der Waals surface area (Å²) in [5.41, 5.74) is 2.85. The number of hydrogen-bond acceptors (Lipinski definition) is 3. The largest absolute Gasteiger partial charge is 0.366 e. The van der Waals surface area contributed by atoms with Crippen molar-refractivity contribution in [2.75, 3.05) is 18.0 Å². The van der Waals surface area contributed by atoms with E-state index in [0.717, 1.165) is 42.7 Å². The molecule has 2 aromatic carbocycles. The van der Waals surface area contributed by atoms with Crippen LogP contribution in [-0.2, 0) is 0 Å². The minimum Gasteiger partial charge on any atom is -0.366 e. The van der Waals surface area contributed by atoms with Crippen molar-refractivity contribution in [3.8, 4) is 0 Å². The second-order valence-corrected chi connectivity index (χ2v) is 5.44. The van der Waals surface area contributed by atoms with Crippen molar-refractivity contribution in [2.24, 2.45) is 0 Å². The molecule has 4 heteroatoms. The van der Waals surface area contributed by atoms with Crippen LogP contribution in [0.5, 0.6) is 0 Å². The lowest BCUT2D eigenvalue weighted by Crippen LogP contribution is -2.18. The summed E-state index contributed by atoms with van der Waals surface area (Å²) in [4.78, 5) is 13.2. The van der Waals surface area contributed by atoms with Gasteiger partial charge in [0.05, 0.1) is 4.92 Å². The molecule has 0 bridgehead atoms. The Kier molecular flexibility index (Phi) is 4.19. The summed E-state index contributed by atoms with van der Waals surface area (Å²) in [5.74, 6) is 0. The first kappa shape index (κ1) is 14.3. The molecule has 0 radical (unpaired) electrons. The van der Waals surface area contributed by atoms with Gasteiger partial charge in [-0.15, -0.1) is 0 Å². The minimum absolute atomic E-state index is 0.192. The third-order valence-corrected chi connectivity index (χ3v) is 3.91. The first-order chi connectivity index (χ1) is 10.7. The number of nitro benzene ring substituents is 1. The Morgan fingerprint density at radius 3 is 2.32 bits per heavy atom. The number of nitro groups is 1. The molecule has 1 aliphatic rings. The zero-order valence-corrected chi connectivity index (χ0v) is 12.3. The summed E-state index contributed by atoms with van der Waals surface area (Å²) in [5, 5.41) is 11.4. The van der Waals surface area contributed by atoms with E-state index >= 15 is 0 Å². The maximum absolute atomic E-state index is 11.4. The van der Waals surface area contributed by atoms with Crippen molar-refractivity contribution in [1.82, 2.24) is 0 Å². The lowest BCUT2D eigenvalue weighted by atomic mass is 10.1. The van der Waals surface area contributed by atoms with Gasteiger partial charge in [-0.1, -0.05) is 48.6 Å². The predicted molar refractivity (Wildman–Crippen MR) is 89.9 cm³/mol. The fourth-order valence-corrected chi connectivity index (χ4v) is 2.77. The van der Waals surface area contributed by atoms with Crippen molar-refractivity contribution in [2.45, 2.75) is 12.8 Å². The van der Waals surface area contributed by atoms with Crippen molar-refractivity contribution in [3.05, 3.63) is 69.8 Å². The van der Waals surface area contributed by atoms with Crippen LogP contribution < -0.4 is 4.90 Å². The molecule has 22 heavy (non-hydrogen) atoms. The van der Waals surface area contributed by atoms with E-state index in [-0.39, 0.29) is 10.6 Å². The van der Waals surface area contributed by atoms with Crippen LogP contribution in [0.1, 0.15) is 24.0 Å². The summed E-state index contributed by atoms with van der Waals surface area (Å²) < 4.78 is 0. The van der Waals surface area contributed by atoms with Crippen LogP contribution in [0.4, 0.5) is 11.4 Å². The Balaban J connectivity index is 1.88. The molecule has 0 amide bonds. The van der Waals surface area contributed by atoms with Crippen LogP contribution in [0.3, 0.4) is 0 Å². The average molecular weight is 294 g/mol. The fourth-order valence-electron chi connectivity index (χ4n) is 2.77. The maximum Gasteiger partial charge on any atom is 0.293 e. The van der Waals surface area contributed by atoms with E-state index < -0.39 is 0 Å². The van der Waals surface area contributed by atoms with Crippen molar-refractivity contribution in [1.29, 1.82) is 0 Å². The van der Waals surface area contributed by atoms with Crippen LogP contribution in [0.15, 0.2) is 48.5 Å². The van der Waals surface area contributed by atoms with Gasteiger partial charge in [-0.05, 0) is 30.0 Å². The van der Waals surface area contributed by atoms with Crippen LogP contribution in [0.25, 0.3) is 12.2 Å². The number of rotatable bonds is 4. The third-order valence-electron chi connectivity index (χ3n) is 3.91. The van der Waals surface area contributed by atoms with Gasteiger partial charge >= 0.3 is 0 Å². The van der Waals surface area contributed by atoms with Crippen LogP contribution in [0, 0.1) is 10.1 Å². The Morgan fingerprint density at radius 1 is 0.955 bits per heavy atom. The molecular weight excluding hydrogens is 276 g/mol. The van der Waals surface area contributed by atoms with Gasteiger partial charge in [0.15, 0.2) is 0 Å². The monoisotopic (exact) mass is 294 g/mol. The number of nitrogens with zero attached hydrogens (tertiary/aromatic N) is 2. The third kappa shape index (κ3) is 3.17. The molecule has 0 aliphatic carbocycles. The Hall–Kier alpha value is -2.62. The van der Waals surface area contributed by atoms with Crippen LogP contribution in [0.2, 0.25) is 0 Å². The second kappa shape index (κ2) is 6.43. The summed E-state index contributed by atoms with van der Waals surface area (Å²) in [6.07, 6.45) is 6.09. The first-order valence-electron chi connectivity index (χ1n) is 7.50. The zero-order chi connectivity index (χ0) is 15.4. The van der Waals surface area contributed by atoms with E-state index in [1.54, 1.807) is 6.07 Å². The highest BCUT2D eigenvalue weighted by Crippen LogP contribution is 2.32. The smallest absolute Gasteiger partial charge is 0.293 e. The van der Waals surface area contributed by atoms with Crippen LogP contribution in [-0.4, -0.2) is 18.0 Å². The van der Waals surface area contributed by atoms with E-state index in [1.165, 1.54) is 0 Å². The van der Waals surface area contributed by atoms with Gasteiger partial charge in [-0.2, -0.15) is 0 Å². The predicted octanol–water partition coefficient (Wildman–Crippen LogP) is 4.37. The molecule has 0 aromatic heterocycles. The van der Waals surface area contributed by atoms with Gasteiger partial charge in [0.2, 0.25) is 0 Å². The molecule has 1 heterocycles. The fraction of sp³-hybridized carbons (Fsp3) is 0.222. The lowest BCUT2D eigenvalue weighted by molar-refractivity contribution is -0.384. The van der Waals surface area contributed by atoms with Gasteiger partial charge < -0.3 is 4.90 Å². The molecule has 3 rings (SSSR count). The number of anilines is 1. The van der Waals surface area contributed by atoms with E-state index in [0.29, 0.717) is 0 Å². The normalized spacial score (nSPS) is 14.6. The number of benzene rings is 2. The highest BCUT2D eigenvalue weighted by atomic mass is 16.6. The maximum atomic E-state index is 11.4. The highest BCUT2D eigenvalue weighted by molar-refractivity contribution is 5.74. The van der Waals surface area contributed by atoms with Crippen LogP contribution >= 0.6 is 0 Å². The van der Waals surface area contributed by atoms with Crippen molar-refractivity contribution >= 4 is 23.5 Å². The van der Waals surface area contributed by atoms with Gasteiger partial charge in [-0.3, -0.25) is 10.1 Å². The summed E-state index contributed by atoms with van der Waals surface area (Å²) in [7, 11) is 0. The average Bonchev–Trinajstić information content (AvgIpc) is 3.08.